The fourth-order valence-electron chi connectivity index (χ4n) is 7.12. The molecule has 1 amide bonds. The smallest absolute Gasteiger partial charge is 0.241 e. The summed E-state index contributed by atoms with van der Waals surface area (Å²) in [4.78, 5) is 16.1. The highest BCUT2D eigenvalue weighted by Crippen LogP contribution is 2.39. The predicted molar refractivity (Wildman–Crippen MR) is 215 cm³/mol. The number of aliphatic hydroxyl groups excluding tert-OH is 1. The van der Waals surface area contributed by atoms with Gasteiger partial charge >= 0.3 is 0 Å². The highest BCUT2D eigenvalue weighted by molar-refractivity contribution is 7.89. The fraction of sp³-hybridized carbons (Fsp3) is 0.311. The maximum Gasteiger partial charge on any atom is 0.241 e. The van der Waals surface area contributed by atoms with E-state index in [1.54, 1.807) is 24.3 Å². The molecule has 11 heteroatoms. The molecule has 2 aliphatic heterocycles. The largest absolute Gasteiger partial charge is 0.392 e. The van der Waals surface area contributed by atoms with Gasteiger partial charge in [-0.2, -0.15) is 4.72 Å². The van der Waals surface area contributed by atoms with Gasteiger partial charge in [-0.3, -0.25) is 9.69 Å². The molecule has 4 atom stereocenters. The Morgan fingerprint density at radius 3 is 2.20 bits per heavy atom. The quantitative estimate of drug-likeness (QED) is 0.121. The monoisotopic (exact) mass is 775 g/mol. The van der Waals surface area contributed by atoms with E-state index in [4.69, 9.17) is 14.2 Å². The predicted octanol–water partition coefficient (Wildman–Crippen LogP) is 6.24. The Labute approximate surface area is 329 Å². The van der Waals surface area contributed by atoms with E-state index >= 15 is 0 Å². The molecule has 2 fully saturated rings. The Hall–Kier alpha value is -4.72. The van der Waals surface area contributed by atoms with E-state index in [-0.39, 0.29) is 36.7 Å². The van der Waals surface area contributed by atoms with Crippen molar-refractivity contribution >= 4 is 15.9 Å². The average molecular weight is 776 g/mol. The van der Waals surface area contributed by atoms with Crippen molar-refractivity contribution in [1.29, 1.82) is 0 Å². The van der Waals surface area contributed by atoms with Crippen molar-refractivity contribution < 1.29 is 32.5 Å². The van der Waals surface area contributed by atoms with Crippen molar-refractivity contribution in [2.24, 2.45) is 0 Å². The van der Waals surface area contributed by atoms with E-state index in [9.17, 15) is 18.3 Å². The molecule has 0 spiro atoms. The first-order valence-electron chi connectivity index (χ1n) is 19.1. The van der Waals surface area contributed by atoms with E-state index in [2.05, 4.69) is 14.9 Å². The third-order valence-electron chi connectivity index (χ3n) is 10.3. The molecule has 2 aliphatic rings. The van der Waals surface area contributed by atoms with Gasteiger partial charge in [-0.25, -0.2) is 8.42 Å². The number of hydrogen-bond donors (Lipinski definition) is 3. The van der Waals surface area contributed by atoms with Crippen molar-refractivity contribution in [1.82, 2.24) is 14.9 Å². The number of aliphatic hydroxyl groups is 1. The molecule has 0 radical (unpaired) electrons. The van der Waals surface area contributed by atoms with Crippen LogP contribution in [0.1, 0.15) is 52.2 Å². The average Bonchev–Trinajstić information content (AvgIpc) is 3.23. The second-order valence-electron chi connectivity index (χ2n) is 14.5. The number of rotatable bonds is 14. The molecule has 0 saturated carbocycles. The minimum absolute atomic E-state index is 0.00476. The molecule has 0 aromatic heterocycles. The number of nitrogens with zero attached hydrogens (tertiary/aromatic N) is 1. The van der Waals surface area contributed by atoms with Crippen LogP contribution in [-0.2, 0) is 48.6 Å². The summed E-state index contributed by atoms with van der Waals surface area (Å²) in [6, 6.07) is 38.9. The molecule has 3 N–H and O–H groups in total. The van der Waals surface area contributed by atoms with Crippen molar-refractivity contribution in [3.8, 4) is 11.1 Å². The summed E-state index contributed by atoms with van der Waals surface area (Å²) in [5.41, 5.74) is 7.45. The molecule has 5 aromatic carbocycles. The number of carbonyl (C=O) groups excluding carboxylic acids is 1. The molecule has 5 aromatic rings. The number of carbonyl (C=O) groups is 1. The summed E-state index contributed by atoms with van der Waals surface area (Å²) in [6.07, 6.45) is 0.165. The summed E-state index contributed by atoms with van der Waals surface area (Å²) in [5, 5.41) is 12.5. The van der Waals surface area contributed by atoms with Crippen LogP contribution in [0.5, 0.6) is 0 Å². The highest BCUT2D eigenvalue weighted by atomic mass is 32.2. The van der Waals surface area contributed by atoms with Crippen LogP contribution in [-0.4, -0.2) is 69.3 Å². The van der Waals surface area contributed by atoms with Gasteiger partial charge in [-0.1, -0.05) is 115 Å². The van der Waals surface area contributed by atoms with Gasteiger partial charge in [-0.05, 0) is 64.9 Å². The Kier molecular flexibility index (Phi) is 13.0. The molecule has 0 bridgehead atoms. The number of aryl methyl sites for hydroxylation is 1. The van der Waals surface area contributed by atoms with Crippen LogP contribution in [0, 0.1) is 6.92 Å². The first-order valence-corrected chi connectivity index (χ1v) is 20.6. The van der Waals surface area contributed by atoms with Crippen LogP contribution < -0.4 is 10.0 Å². The lowest BCUT2D eigenvalue weighted by atomic mass is 9.99. The molecule has 10 nitrogen and oxygen atoms in total. The third kappa shape index (κ3) is 10.4. The Morgan fingerprint density at radius 1 is 0.786 bits per heavy atom. The van der Waals surface area contributed by atoms with Gasteiger partial charge in [0, 0.05) is 38.2 Å². The number of amides is 1. The van der Waals surface area contributed by atoms with Gasteiger partial charge in [0.2, 0.25) is 15.9 Å². The maximum atomic E-state index is 13.6. The molecule has 4 unspecified atom stereocenters. The maximum absolute atomic E-state index is 13.6. The van der Waals surface area contributed by atoms with Crippen LogP contribution in [0.3, 0.4) is 0 Å². The molecule has 2 heterocycles. The summed E-state index contributed by atoms with van der Waals surface area (Å²) in [7, 11) is -3.95. The number of sulfonamides is 1. The van der Waals surface area contributed by atoms with Crippen LogP contribution in [0.4, 0.5) is 0 Å². The summed E-state index contributed by atoms with van der Waals surface area (Å²) in [6.45, 7) is 6.09. The number of morpholine rings is 1. The lowest BCUT2D eigenvalue weighted by Gasteiger charge is -2.39. The standard InChI is InChI=1S/C45H49N3O7S/c1-32-10-20-41(21-11-32)56(51,52)47-42(27-33-6-3-2-4-7-33)44(50)46-29-35-8-5-9-39(26-35)36-16-18-38(19-17-36)45-54-40(30-48-22-24-53-25-23-48)28-43(55-45)37-14-12-34(31-49)13-15-37/h2-21,26,40,42-43,45,47,49H,22-25,27-31H2,1H3,(H,46,50). The normalized spacial score (nSPS) is 19.6. The molecule has 7 rings (SSSR count). The van der Waals surface area contributed by atoms with Crippen molar-refractivity contribution in [2.75, 3.05) is 32.8 Å². The molecule has 56 heavy (non-hydrogen) atoms. The van der Waals surface area contributed by atoms with Crippen molar-refractivity contribution in [3.63, 3.8) is 0 Å². The van der Waals surface area contributed by atoms with Crippen LogP contribution in [0.25, 0.3) is 11.1 Å². The molecule has 292 valence electrons. The minimum Gasteiger partial charge on any atom is -0.392 e. The lowest BCUT2D eigenvalue weighted by molar-refractivity contribution is -0.253. The zero-order chi connectivity index (χ0) is 38.9. The van der Waals surface area contributed by atoms with Crippen molar-refractivity contribution in [3.05, 3.63) is 161 Å². The van der Waals surface area contributed by atoms with Crippen LogP contribution >= 0.6 is 0 Å². The first kappa shape index (κ1) is 39.5. The Morgan fingerprint density at radius 2 is 1.48 bits per heavy atom. The van der Waals surface area contributed by atoms with E-state index in [1.165, 1.54) is 0 Å². The topological polar surface area (TPSA) is 126 Å². The first-order chi connectivity index (χ1) is 27.2. The minimum atomic E-state index is -3.95. The highest BCUT2D eigenvalue weighted by Gasteiger charge is 2.33. The van der Waals surface area contributed by atoms with E-state index in [1.807, 2.05) is 110 Å². The number of hydrogen-bond acceptors (Lipinski definition) is 8. The van der Waals surface area contributed by atoms with Crippen molar-refractivity contribution in [2.45, 2.75) is 62.4 Å². The van der Waals surface area contributed by atoms with Gasteiger partial charge in [-0.15, -0.1) is 0 Å². The summed E-state index contributed by atoms with van der Waals surface area (Å²) >= 11 is 0. The SMILES string of the molecule is Cc1ccc(S(=O)(=O)NC(Cc2ccccc2)C(=O)NCc2cccc(-c3ccc(C4OC(CN5CCOCC5)CC(c5ccc(CO)cc5)O4)cc3)c2)cc1. The Balaban J connectivity index is 1.03. The zero-order valence-electron chi connectivity index (χ0n) is 31.5. The van der Waals surface area contributed by atoms with E-state index < -0.39 is 28.3 Å². The van der Waals surface area contributed by atoms with Gasteiger partial charge in [0.05, 0.1) is 36.9 Å². The molecule has 2 saturated heterocycles. The van der Waals surface area contributed by atoms with Gasteiger partial charge < -0.3 is 24.6 Å². The molecule has 0 aliphatic carbocycles. The summed E-state index contributed by atoms with van der Waals surface area (Å²) < 4.78 is 48.0. The second-order valence-corrected chi connectivity index (χ2v) is 16.2. The zero-order valence-corrected chi connectivity index (χ0v) is 32.4. The summed E-state index contributed by atoms with van der Waals surface area (Å²) in [5.74, 6) is -0.415. The van der Waals surface area contributed by atoms with E-state index in [0.717, 1.165) is 83.8 Å². The van der Waals surface area contributed by atoms with Crippen LogP contribution in [0.2, 0.25) is 0 Å². The molecular weight excluding hydrogens is 727 g/mol. The van der Waals surface area contributed by atoms with Gasteiger partial charge in [0.15, 0.2) is 6.29 Å². The Bertz CT molecular complexity index is 2140. The molecular formula is C45H49N3O7S. The van der Waals surface area contributed by atoms with Gasteiger partial charge in [0.25, 0.3) is 0 Å². The van der Waals surface area contributed by atoms with E-state index in [0.29, 0.717) is 0 Å². The van der Waals surface area contributed by atoms with Gasteiger partial charge in [0.1, 0.15) is 6.04 Å². The lowest BCUT2D eigenvalue weighted by Crippen LogP contribution is -2.47. The number of benzene rings is 5. The van der Waals surface area contributed by atoms with Crippen LogP contribution in [0.15, 0.2) is 132 Å². The second kappa shape index (κ2) is 18.5. The third-order valence-corrected chi connectivity index (χ3v) is 11.8. The fourth-order valence-corrected chi connectivity index (χ4v) is 8.32. The number of nitrogens with one attached hydrogen (secondary N) is 2. The number of ether oxygens (including phenoxy) is 3.